The Bertz CT molecular complexity index is 309. The number of rotatable bonds is 8. The molecule has 0 saturated carbocycles. The van der Waals surface area contributed by atoms with Gasteiger partial charge in [-0.25, -0.2) is 0 Å². The van der Waals surface area contributed by atoms with Gasteiger partial charge in [-0.2, -0.15) is 0 Å². The van der Waals surface area contributed by atoms with E-state index in [0.29, 0.717) is 6.04 Å². The van der Waals surface area contributed by atoms with Crippen molar-refractivity contribution in [2.24, 2.45) is 0 Å². The standard InChI is InChI=1S/C14H26N2S/c1-5-9-15-10-13-7-8-14(17-13)11-16(4)12(3)6-2/h7-8,12,15H,5-6,9-11H2,1-4H3. The van der Waals surface area contributed by atoms with Gasteiger partial charge in [-0.3, -0.25) is 4.90 Å². The Labute approximate surface area is 110 Å². The van der Waals surface area contributed by atoms with Gasteiger partial charge < -0.3 is 5.32 Å². The molecule has 1 heterocycles. The lowest BCUT2D eigenvalue weighted by molar-refractivity contribution is 0.246. The summed E-state index contributed by atoms with van der Waals surface area (Å²) < 4.78 is 0. The Balaban J connectivity index is 2.39. The van der Waals surface area contributed by atoms with E-state index in [-0.39, 0.29) is 0 Å². The molecule has 98 valence electrons. The van der Waals surface area contributed by atoms with Crippen LogP contribution in [0.4, 0.5) is 0 Å². The van der Waals surface area contributed by atoms with Gasteiger partial charge in [0.25, 0.3) is 0 Å². The predicted octanol–water partition coefficient (Wildman–Crippen LogP) is 3.48. The normalized spacial score (nSPS) is 13.2. The van der Waals surface area contributed by atoms with Crippen molar-refractivity contribution in [3.63, 3.8) is 0 Å². The van der Waals surface area contributed by atoms with Crippen LogP contribution in [0.3, 0.4) is 0 Å². The van der Waals surface area contributed by atoms with E-state index >= 15 is 0 Å². The maximum Gasteiger partial charge on any atom is 0.0327 e. The molecule has 1 aromatic rings. The average molecular weight is 254 g/mol. The molecule has 2 nitrogen and oxygen atoms in total. The monoisotopic (exact) mass is 254 g/mol. The molecule has 17 heavy (non-hydrogen) atoms. The fraction of sp³-hybridized carbons (Fsp3) is 0.714. The molecular weight excluding hydrogens is 228 g/mol. The molecule has 1 rings (SSSR count). The minimum atomic E-state index is 0.666. The fourth-order valence-corrected chi connectivity index (χ4v) is 2.76. The second-order valence-corrected chi connectivity index (χ2v) is 5.97. The van der Waals surface area contributed by atoms with Crippen molar-refractivity contribution < 1.29 is 0 Å². The van der Waals surface area contributed by atoms with Crippen LogP contribution in [0.1, 0.15) is 43.4 Å². The third-order valence-electron chi connectivity index (χ3n) is 3.19. The molecular formula is C14H26N2S. The smallest absolute Gasteiger partial charge is 0.0327 e. The number of hydrogen-bond donors (Lipinski definition) is 1. The topological polar surface area (TPSA) is 15.3 Å². The van der Waals surface area contributed by atoms with Crippen molar-refractivity contribution in [3.8, 4) is 0 Å². The van der Waals surface area contributed by atoms with Gasteiger partial charge in [0.2, 0.25) is 0 Å². The summed E-state index contributed by atoms with van der Waals surface area (Å²) in [5.41, 5.74) is 0. The first kappa shape index (κ1) is 14.7. The highest BCUT2D eigenvalue weighted by Crippen LogP contribution is 2.19. The van der Waals surface area contributed by atoms with Crippen molar-refractivity contribution >= 4 is 11.3 Å². The van der Waals surface area contributed by atoms with Gasteiger partial charge in [-0.05, 0) is 45.5 Å². The molecule has 0 bridgehead atoms. The molecule has 0 spiro atoms. The summed E-state index contributed by atoms with van der Waals surface area (Å²) in [5.74, 6) is 0. The van der Waals surface area contributed by atoms with Gasteiger partial charge in [-0.1, -0.05) is 13.8 Å². The lowest BCUT2D eigenvalue weighted by Crippen LogP contribution is -2.27. The van der Waals surface area contributed by atoms with Crippen molar-refractivity contribution in [1.29, 1.82) is 0 Å². The summed E-state index contributed by atoms with van der Waals surface area (Å²) in [6.45, 7) is 9.94. The lowest BCUT2D eigenvalue weighted by atomic mass is 10.2. The zero-order valence-electron chi connectivity index (χ0n) is 11.6. The maximum atomic E-state index is 3.45. The molecule has 0 amide bonds. The highest BCUT2D eigenvalue weighted by molar-refractivity contribution is 7.11. The minimum Gasteiger partial charge on any atom is -0.312 e. The Hall–Kier alpha value is -0.380. The van der Waals surface area contributed by atoms with Crippen LogP contribution in [-0.4, -0.2) is 24.5 Å². The number of nitrogens with one attached hydrogen (secondary N) is 1. The predicted molar refractivity (Wildman–Crippen MR) is 77.5 cm³/mol. The molecule has 0 aliphatic carbocycles. The third kappa shape index (κ3) is 5.19. The highest BCUT2D eigenvalue weighted by Gasteiger charge is 2.08. The maximum absolute atomic E-state index is 3.45. The van der Waals surface area contributed by atoms with Crippen LogP contribution in [0.25, 0.3) is 0 Å². The van der Waals surface area contributed by atoms with E-state index in [9.17, 15) is 0 Å². The van der Waals surface area contributed by atoms with Crippen molar-refractivity contribution in [2.75, 3.05) is 13.6 Å². The van der Waals surface area contributed by atoms with E-state index < -0.39 is 0 Å². The van der Waals surface area contributed by atoms with Crippen LogP contribution in [0.2, 0.25) is 0 Å². The Kier molecular flexibility index (Phi) is 6.78. The van der Waals surface area contributed by atoms with Gasteiger partial charge in [0.15, 0.2) is 0 Å². The first-order chi connectivity index (χ1) is 8.17. The van der Waals surface area contributed by atoms with Crippen LogP contribution in [0, 0.1) is 0 Å². The van der Waals surface area contributed by atoms with E-state index in [1.54, 1.807) is 0 Å². The van der Waals surface area contributed by atoms with E-state index in [1.807, 2.05) is 11.3 Å². The molecule has 0 aromatic carbocycles. The summed E-state index contributed by atoms with van der Waals surface area (Å²) in [5, 5.41) is 3.45. The van der Waals surface area contributed by atoms with Crippen LogP contribution in [-0.2, 0) is 13.1 Å². The number of hydrogen-bond acceptors (Lipinski definition) is 3. The molecule has 1 aromatic heterocycles. The zero-order chi connectivity index (χ0) is 12.7. The number of thiophene rings is 1. The molecule has 1 unspecified atom stereocenters. The minimum absolute atomic E-state index is 0.666. The summed E-state index contributed by atoms with van der Waals surface area (Å²) >= 11 is 1.94. The molecule has 0 aliphatic rings. The van der Waals surface area contributed by atoms with Gasteiger partial charge in [0.05, 0.1) is 0 Å². The average Bonchev–Trinajstić information content (AvgIpc) is 2.76. The van der Waals surface area contributed by atoms with E-state index in [2.05, 4.69) is 50.2 Å². The molecule has 3 heteroatoms. The lowest BCUT2D eigenvalue weighted by Gasteiger charge is -2.22. The first-order valence-electron chi connectivity index (χ1n) is 6.65. The van der Waals surface area contributed by atoms with E-state index in [0.717, 1.165) is 19.6 Å². The highest BCUT2D eigenvalue weighted by atomic mass is 32.1. The largest absolute Gasteiger partial charge is 0.312 e. The number of nitrogens with zero attached hydrogens (tertiary/aromatic N) is 1. The summed E-state index contributed by atoms with van der Waals surface area (Å²) in [6.07, 6.45) is 2.42. The second-order valence-electron chi connectivity index (χ2n) is 4.72. The summed E-state index contributed by atoms with van der Waals surface area (Å²) in [7, 11) is 2.21. The summed E-state index contributed by atoms with van der Waals surface area (Å²) in [4.78, 5) is 5.35. The molecule has 0 saturated heterocycles. The fourth-order valence-electron chi connectivity index (χ4n) is 1.70. The van der Waals surface area contributed by atoms with Gasteiger partial charge in [-0.15, -0.1) is 11.3 Å². The van der Waals surface area contributed by atoms with Crippen molar-refractivity contribution in [1.82, 2.24) is 10.2 Å². The Morgan fingerprint density at radius 3 is 2.65 bits per heavy atom. The van der Waals surface area contributed by atoms with Crippen LogP contribution < -0.4 is 5.32 Å². The molecule has 1 N–H and O–H groups in total. The molecule has 0 aliphatic heterocycles. The Morgan fingerprint density at radius 1 is 1.29 bits per heavy atom. The van der Waals surface area contributed by atoms with Gasteiger partial charge in [0.1, 0.15) is 0 Å². The van der Waals surface area contributed by atoms with Crippen molar-refractivity contribution in [3.05, 3.63) is 21.9 Å². The third-order valence-corrected chi connectivity index (χ3v) is 4.26. The molecule has 1 atom stereocenters. The van der Waals surface area contributed by atoms with Crippen molar-refractivity contribution in [2.45, 2.75) is 52.7 Å². The second kappa shape index (κ2) is 7.85. The summed E-state index contributed by atoms with van der Waals surface area (Å²) in [6, 6.07) is 5.19. The van der Waals surface area contributed by atoms with E-state index in [4.69, 9.17) is 0 Å². The van der Waals surface area contributed by atoms with Gasteiger partial charge in [0, 0.05) is 28.9 Å². The van der Waals surface area contributed by atoms with Crippen LogP contribution in [0.5, 0.6) is 0 Å². The molecule has 0 fully saturated rings. The first-order valence-corrected chi connectivity index (χ1v) is 7.47. The molecule has 0 radical (unpaired) electrons. The van der Waals surface area contributed by atoms with Gasteiger partial charge >= 0.3 is 0 Å². The van der Waals surface area contributed by atoms with Crippen LogP contribution in [0.15, 0.2) is 12.1 Å². The zero-order valence-corrected chi connectivity index (χ0v) is 12.4. The SMILES string of the molecule is CCCNCc1ccc(CN(C)C(C)CC)s1. The van der Waals surface area contributed by atoms with Crippen LogP contribution >= 0.6 is 11.3 Å². The quantitative estimate of drug-likeness (QED) is 0.715. The Morgan fingerprint density at radius 2 is 2.00 bits per heavy atom. The van der Waals surface area contributed by atoms with E-state index in [1.165, 1.54) is 22.6 Å².